The molecule has 26 heavy (non-hydrogen) atoms. The smallest absolute Gasteiger partial charge is 0.242 e. The normalized spacial score (nSPS) is 11.8. The van der Waals surface area contributed by atoms with Gasteiger partial charge in [0.2, 0.25) is 15.9 Å². The summed E-state index contributed by atoms with van der Waals surface area (Å²) in [5.74, 6) is -0.221. The summed E-state index contributed by atoms with van der Waals surface area (Å²) >= 11 is 0. The minimum absolute atomic E-state index is 0.179. The molecule has 1 aromatic heterocycles. The average Bonchev–Trinajstić information content (AvgIpc) is 3.04. The predicted octanol–water partition coefficient (Wildman–Crippen LogP) is 2.30. The molecule has 0 aliphatic heterocycles. The molecular weight excluding hydrogens is 352 g/mol. The van der Waals surface area contributed by atoms with Crippen LogP contribution in [0, 0.1) is 6.92 Å². The van der Waals surface area contributed by atoms with Crippen LogP contribution in [0.2, 0.25) is 0 Å². The first-order valence-corrected chi connectivity index (χ1v) is 9.46. The largest absolute Gasteiger partial charge is 0.345 e. The number of sulfonamides is 1. The van der Waals surface area contributed by atoms with Crippen LogP contribution in [0.4, 0.5) is 5.69 Å². The van der Waals surface area contributed by atoms with Crippen molar-refractivity contribution >= 4 is 32.7 Å². The van der Waals surface area contributed by atoms with Crippen molar-refractivity contribution in [1.82, 2.24) is 14.3 Å². The number of benzene rings is 2. The van der Waals surface area contributed by atoms with Crippen LogP contribution >= 0.6 is 0 Å². The lowest BCUT2D eigenvalue weighted by Crippen LogP contribution is -2.23. The van der Waals surface area contributed by atoms with Crippen molar-refractivity contribution in [3.63, 3.8) is 0 Å². The van der Waals surface area contributed by atoms with Crippen molar-refractivity contribution in [2.24, 2.45) is 0 Å². The number of H-pyrrole nitrogens is 1. The number of nitrogens with one attached hydrogen (secondary N) is 2. The molecule has 1 amide bonds. The number of aryl methyl sites for hydroxylation is 1. The van der Waals surface area contributed by atoms with Crippen molar-refractivity contribution in [3.05, 3.63) is 53.9 Å². The number of hydrogen-bond acceptors (Lipinski definition) is 4. The molecule has 2 aromatic carbocycles. The molecule has 0 aliphatic rings. The van der Waals surface area contributed by atoms with Crippen molar-refractivity contribution in [3.8, 4) is 0 Å². The number of imidazole rings is 1. The number of aromatic amines is 1. The number of aromatic nitrogens is 2. The molecular formula is C18H20N4O3S. The van der Waals surface area contributed by atoms with Crippen LogP contribution in [-0.2, 0) is 21.2 Å². The molecule has 0 spiro atoms. The predicted molar refractivity (Wildman–Crippen MR) is 100 cm³/mol. The van der Waals surface area contributed by atoms with E-state index in [-0.39, 0.29) is 17.2 Å². The fourth-order valence-corrected chi connectivity index (χ4v) is 3.78. The van der Waals surface area contributed by atoms with Gasteiger partial charge >= 0.3 is 0 Å². The summed E-state index contributed by atoms with van der Waals surface area (Å²) in [7, 11) is -0.616. The molecule has 0 radical (unpaired) electrons. The Morgan fingerprint density at radius 1 is 1.19 bits per heavy atom. The van der Waals surface area contributed by atoms with Gasteiger partial charge in [-0.3, -0.25) is 4.79 Å². The molecule has 0 atom stereocenters. The molecule has 7 nitrogen and oxygen atoms in total. The summed E-state index contributed by atoms with van der Waals surface area (Å²) in [5.41, 5.74) is 3.62. The van der Waals surface area contributed by atoms with Crippen LogP contribution in [0.25, 0.3) is 11.0 Å². The Bertz CT molecular complexity index is 1070. The standard InChI is InChI=1S/C18H20N4O3S/c1-12-4-6-14(10-17(12)26(24,25)22(2)3)21-18(23)9-13-5-7-15-16(8-13)20-11-19-15/h4-8,10-11H,9H2,1-3H3,(H,19,20)(H,21,23). The summed E-state index contributed by atoms with van der Waals surface area (Å²) in [5, 5.41) is 2.76. The third kappa shape index (κ3) is 3.61. The highest BCUT2D eigenvalue weighted by molar-refractivity contribution is 7.89. The zero-order valence-corrected chi connectivity index (χ0v) is 15.6. The topological polar surface area (TPSA) is 95.2 Å². The Kier molecular flexibility index (Phi) is 4.80. The third-order valence-electron chi connectivity index (χ3n) is 4.08. The second-order valence-electron chi connectivity index (χ2n) is 6.25. The number of nitrogens with zero attached hydrogens (tertiary/aromatic N) is 2. The Hall–Kier alpha value is -2.71. The maximum atomic E-state index is 12.4. The molecule has 1 heterocycles. The quantitative estimate of drug-likeness (QED) is 0.718. The number of fused-ring (bicyclic) bond motifs is 1. The monoisotopic (exact) mass is 372 g/mol. The summed E-state index contributed by atoms with van der Waals surface area (Å²) in [6, 6.07) is 10.4. The SMILES string of the molecule is Cc1ccc(NC(=O)Cc2ccc3nc[nH]c3c2)cc1S(=O)(=O)N(C)C. The van der Waals surface area contributed by atoms with Crippen LogP contribution in [0.5, 0.6) is 0 Å². The average molecular weight is 372 g/mol. The number of hydrogen-bond donors (Lipinski definition) is 2. The van der Waals surface area contributed by atoms with Gasteiger partial charge in [-0.15, -0.1) is 0 Å². The van der Waals surface area contributed by atoms with Crippen molar-refractivity contribution in [1.29, 1.82) is 0 Å². The summed E-state index contributed by atoms with van der Waals surface area (Å²) in [6.45, 7) is 1.72. The van der Waals surface area contributed by atoms with Crippen LogP contribution in [-0.4, -0.2) is 42.7 Å². The van der Waals surface area contributed by atoms with E-state index in [0.29, 0.717) is 11.3 Å². The zero-order valence-electron chi connectivity index (χ0n) is 14.8. The van der Waals surface area contributed by atoms with Crippen molar-refractivity contribution < 1.29 is 13.2 Å². The minimum atomic E-state index is -3.57. The number of carbonyl (C=O) groups excluding carboxylic acids is 1. The molecule has 3 aromatic rings. The van der Waals surface area contributed by atoms with E-state index in [9.17, 15) is 13.2 Å². The molecule has 0 fully saturated rings. The molecule has 136 valence electrons. The lowest BCUT2D eigenvalue weighted by Gasteiger charge is -2.15. The van der Waals surface area contributed by atoms with Crippen molar-refractivity contribution in [2.45, 2.75) is 18.2 Å². The lowest BCUT2D eigenvalue weighted by molar-refractivity contribution is -0.115. The maximum absolute atomic E-state index is 12.4. The van der Waals surface area contributed by atoms with Gasteiger partial charge in [0.1, 0.15) is 0 Å². The van der Waals surface area contributed by atoms with Crippen LogP contribution < -0.4 is 5.32 Å². The first-order chi connectivity index (χ1) is 12.3. The second-order valence-corrected chi connectivity index (χ2v) is 8.37. The third-order valence-corrected chi connectivity index (χ3v) is 6.04. The highest BCUT2D eigenvalue weighted by atomic mass is 32.2. The van der Waals surface area contributed by atoms with E-state index < -0.39 is 10.0 Å². The van der Waals surface area contributed by atoms with E-state index >= 15 is 0 Å². The number of amides is 1. The molecule has 0 unspecified atom stereocenters. The van der Waals surface area contributed by atoms with Gasteiger partial charge in [-0.2, -0.15) is 0 Å². The van der Waals surface area contributed by atoms with Gasteiger partial charge in [-0.25, -0.2) is 17.7 Å². The van der Waals surface area contributed by atoms with E-state index in [0.717, 1.165) is 20.9 Å². The van der Waals surface area contributed by atoms with Gasteiger partial charge in [-0.1, -0.05) is 12.1 Å². The zero-order chi connectivity index (χ0) is 18.9. The molecule has 0 saturated carbocycles. The number of anilines is 1. The lowest BCUT2D eigenvalue weighted by atomic mass is 10.1. The second kappa shape index (κ2) is 6.89. The molecule has 8 heteroatoms. The molecule has 3 rings (SSSR count). The Labute approximate surface area is 152 Å². The highest BCUT2D eigenvalue weighted by Gasteiger charge is 2.20. The molecule has 0 saturated heterocycles. The van der Waals surface area contributed by atoms with Crippen molar-refractivity contribution in [2.75, 3.05) is 19.4 Å². The van der Waals surface area contributed by atoms with Gasteiger partial charge in [0.05, 0.1) is 28.7 Å². The van der Waals surface area contributed by atoms with E-state index in [1.54, 1.807) is 25.4 Å². The Balaban J connectivity index is 1.79. The maximum Gasteiger partial charge on any atom is 0.242 e. The van der Waals surface area contributed by atoms with Gasteiger partial charge in [0.15, 0.2) is 0 Å². The van der Waals surface area contributed by atoms with E-state index in [1.807, 2.05) is 18.2 Å². The Morgan fingerprint density at radius 2 is 1.96 bits per heavy atom. The first kappa shape index (κ1) is 18.1. The summed E-state index contributed by atoms with van der Waals surface area (Å²) in [6.07, 6.45) is 1.78. The van der Waals surface area contributed by atoms with Crippen LogP contribution in [0.15, 0.2) is 47.6 Å². The van der Waals surface area contributed by atoms with Crippen LogP contribution in [0.3, 0.4) is 0 Å². The first-order valence-electron chi connectivity index (χ1n) is 8.02. The van der Waals surface area contributed by atoms with E-state index in [1.165, 1.54) is 20.2 Å². The van der Waals surface area contributed by atoms with Gasteiger partial charge in [0.25, 0.3) is 0 Å². The molecule has 2 N–H and O–H groups in total. The number of rotatable bonds is 5. The fourth-order valence-electron chi connectivity index (χ4n) is 2.64. The number of carbonyl (C=O) groups is 1. The van der Waals surface area contributed by atoms with Gasteiger partial charge < -0.3 is 10.3 Å². The van der Waals surface area contributed by atoms with Gasteiger partial charge in [0, 0.05) is 19.8 Å². The fraction of sp³-hybridized carbons (Fsp3) is 0.222. The minimum Gasteiger partial charge on any atom is -0.345 e. The molecule has 0 bridgehead atoms. The van der Waals surface area contributed by atoms with Gasteiger partial charge in [-0.05, 0) is 42.3 Å². The summed E-state index contributed by atoms with van der Waals surface area (Å²) < 4.78 is 25.9. The molecule has 0 aliphatic carbocycles. The highest BCUT2D eigenvalue weighted by Crippen LogP contribution is 2.22. The van der Waals surface area contributed by atoms with E-state index in [4.69, 9.17) is 0 Å². The Morgan fingerprint density at radius 3 is 2.69 bits per heavy atom. The summed E-state index contributed by atoms with van der Waals surface area (Å²) in [4.78, 5) is 19.7. The van der Waals surface area contributed by atoms with E-state index in [2.05, 4.69) is 15.3 Å². The van der Waals surface area contributed by atoms with Crippen LogP contribution in [0.1, 0.15) is 11.1 Å².